The Bertz CT molecular complexity index is 408. The molecule has 0 spiro atoms. The van der Waals surface area contributed by atoms with Crippen molar-refractivity contribution in [3.63, 3.8) is 0 Å². The minimum atomic E-state index is -4.81. The predicted octanol–water partition coefficient (Wildman–Crippen LogP) is 3.46. The fourth-order valence-electron chi connectivity index (χ4n) is 1.23. The average Bonchev–Trinajstić information content (AvgIpc) is 2.15. The zero-order chi connectivity index (χ0) is 12.5. The minimum absolute atomic E-state index is 0.248. The number of hydrogen-bond donors (Lipinski definition) is 0. The second kappa shape index (κ2) is 4.19. The first-order valence-electron chi connectivity index (χ1n) is 4.23. The zero-order valence-electron chi connectivity index (χ0n) is 8.11. The fraction of sp³-hybridized carbons (Fsp3) is 0.300. The van der Waals surface area contributed by atoms with Gasteiger partial charge >= 0.3 is 12.6 Å². The molecule has 0 heterocycles. The summed E-state index contributed by atoms with van der Waals surface area (Å²) in [4.78, 5) is 10.9. The number of Topliss-reactive ketones (excluding diaryl/α,β-unsaturated/α-hetero) is 1. The van der Waals surface area contributed by atoms with Gasteiger partial charge in [0.2, 0.25) is 5.78 Å². The van der Waals surface area contributed by atoms with Gasteiger partial charge in [-0.05, 0) is 13.0 Å². The largest absolute Gasteiger partial charge is 0.417 e. The normalized spacial score (nSPS) is 11.9. The van der Waals surface area contributed by atoms with E-state index in [1.165, 1.54) is 13.0 Å². The minimum Gasteiger partial charge on any atom is -0.288 e. The highest BCUT2D eigenvalue weighted by Gasteiger charge is 2.36. The van der Waals surface area contributed by atoms with Crippen molar-refractivity contribution in [3.05, 3.63) is 34.9 Å². The van der Waals surface area contributed by atoms with Crippen LogP contribution in [-0.2, 0) is 6.18 Å². The third-order valence-corrected chi connectivity index (χ3v) is 1.94. The predicted molar refractivity (Wildman–Crippen MR) is 46.5 cm³/mol. The molecule has 0 aromatic heterocycles. The molecule has 0 N–H and O–H groups in total. The van der Waals surface area contributed by atoms with E-state index in [1.807, 2.05) is 0 Å². The first kappa shape index (κ1) is 12.6. The average molecular weight is 238 g/mol. The topological polar surface area (TPSA) is 17.1 Å². The second-order valence-electron chi connectivity index (χ2n) is 3.21. The number of hydrogen-bond acceptors (Lipinski definition) is 1. The molecular formula is C10H7F5O. The van der Waals surface area contributed by atoms with Crippen molar-refractivity contribution >= 4 is 5.78 Å². The van der Waals surface area contributed by atoms with E-state index in [0.717, 1.165) is 6.07 Å². The maximum atomic E-state index is 12.5. The maximum Gasteiger partial charge on any atom is 0.417 e. The summed E-state index contributed by atoms with van der Waals surface area (Å²) in [5, 5.41) is 0. The highest BCUT2D eigenvalue weighted by atomic mass is 19.4. The van der Waals surface area contributed by atoms with Crippen LogP contribution in [0.4, 0.5) is 22.0 Å². The van der Waals surface area contributed by atoms with E-state index in [0.29, 0.717) is 6.07 Å². The van der Waals surface area contributed by atoms with Crippen LogP contribution in [0.25, 0.3) is 0 Å². The molecule has 1 nitrogen and oxygen atoms in total. The number of aryl methyl sites for hydroxylation is 1. The van der Waals surface area contributed by atoms with Crippen molar-refractivity contribution in [1.82, 2.24) is 0 Å². The number of halogens is 5. The first-order chi connectivity index (χ1) is 7.23. The molecule has 0 atom stereocenters. The highest BCUT2D eigenvalue weighted by Crippen LogP contribution is 2.33. The molecule has 0 unspecified atom stereocenters. The molecule has 0 radical (unpaired) electrons. The van der Waals surface area contributed by atoms with E-state index in [-0.39, 0.29) is 5.56 Å². The summed E-state index contributed by atoms with van der Waals surface area (Å²) in [6, 6.07) is 2.63. The molecule has 0 aliphatic rings. The van der Waals surface area contributed by atoms with Crippen molar-refractivity contribution in [1.29, 1.82) is 0 Å². The second-order valence-corrected chi connectivity index (χ2v) is 3.21. The van der Waals surface area contributed by atoms with E-state index >= 15 is 0 Å². The van der Waals surface area contributed by atoms with E-state index in [9.17, 15) is 26.7 Å². The van der Waals surface area contributed by atoms with Gasteiger partial charge in [0.1, 0.15) is 0 Å². The van der Waals surface area contributed by atoms with Crippen LogP contribution >= 0.6 is 0 Å². The molecule has 0 bridgehead atoms. The fourth-order valence-corrected chi connectivity index (χ4v) is 1.23. The van der Waals surface area contributed by atoms with Crippen LogP contribution in [0.2, 0.25) is 0 Å². The van der Waals surface area contributed by atoms with Crippen LogP contribution in [0.1, 0.15) is 21.5 Å². The molecule has 0 aliphatic heterocycles. The molecule has 1 aromatic carbocycles. The summed E-state index contributed by atoms with van der Waals surface area (Å²) in [5.41, 5.74) is -2.07. The van der Waals surface area contributed by atoms with Crippen molar-refractivity contribution in [2.45, 2.75) is 19.5 Å². The molecule has 88 valence electrons. The number of benzene rings is 1. The lowest BCUT2D eigenvalue weighted by atomic mass is 10.0. The lowest BCUT2D eigenvalue weighted by molar-refractivity contribution is -0.138. The SMILES string of the molecule is Cc1ccc(C(=O)C(F)F)c(C(F)(F)F)c1. The Morgan fingerprint density at radius 3 is 2.25 bits per heavy atom. The van der Waals surface area contributed by atoms with Gasteiger partial charge in [0.15, 0.2) is 0 Å². The van der Waals surface area contributed by atoms with Gasteiger partial charge in [0.25, 0.3) is 0 Å². The van der Waals surface area contributed by atoms with Crippen molar-refractivity contribution in [3.8, 4) is 0 Å². The summed E-state index contributed by atoms with van der Waals surface area (Å²) in [7, 11) is 0. The van der Waals surface area contributed by atoms with Gasteiger partial charge in [0, 0.05) is 5.56 Å². The Morgan fingerprint density at radius 2 is 1.81 bits per heavy atom. The van der Waals surface area contributed by atoms with Crippen molar-refractivity contribution in [2.75, 3.05) is 0 Å². The quantitative estimate of drug-likeness (QED) is 0.569. The molecule has 0 saturated heterocycles. The number of alkyl halides is 5. The van der Waals surface area contributed by atoms with E-state index in [1.54, 1.807) is 0 Å². The number of carbonyl (C=O) groups excluding carboxylic acids is 1. The number of carbonyl (C=O) groups is 1. The zero-order valence-corrected chi connectivity index (χ0v) is 8.11. The Hall–Kier alpha value is -1.46. The Balaban J connectivity index is 3.34. The lowest BCUT2D eigenvalue weighted by Gasteiger charge is -2.12. The number of rotatable bonds is 2. The molecule has 0 saturated carbocycles. The maximum absolute atomic E-state index is 12.5. The van der Waals surface area contributed by atoms with Crippen molar-refractivity contribution < 1.29 is 26.7 Å². The summed E-state index contributed by atoms with van der Waals surface area (Å²) in [6.45, 7) is 1.38. The van der Waals surface area contributed by atoms with Gasteiger partial charge in [-0.3, -0.25) is 4.79 Å². The van der Waals surface area contributed by atoms with Crippen LogP contribution in [-0.4, -0.2) is 12.2 Å². The molecule has 1 rings (SSSR count). The van der Waals surface area contributed by atoms with E-state index in [4.69, 9.17) is 0 Å². The van der Waals surface area contributed by atoms with Gasteiger partial charge in [-0.2, -0.15) is 13.2 Å². The van der Waals surface area contributed by atoms with Crippen LogP contribution in [0.3, 0.4) is 0 Å². The summed E-state index contributed by atoms with van der Waals surface area (Å²) >= 11 is 0. The van der Waals surface area contributed by atoms with Crippen LogP contribution in [0.15, 0.2) is 18.2 Å². The van der Waals surface area contributed by atoms with Gasteiger partial charge in [-0.25, -0.2) is 8.78 Å². The molecule has 0 fully saturated rings. The molecule has 0 amide bonds. The smallest absolute Gasteiger partial charge is 0.288 e. The summed E-state index contributed by atoms with van der Waals surface area (Å²) in [6.07, 6.45) is -8.25. The third-order valence-electron chi connectivity index (χ3n) is 1.94. The van der Waals surface area contributed by atoms with Gasteiger partial charge < -0.3 is 0 Å². The van der Waals surface area contributed by atoms with Gasteiger partial charge in [-0.15, -0.1) is 0 Å². The number of ketones is 1. The van der Waals surface area contributed by atoms with Gasteiger partial charge in [-0.1, -0.05) is 17.7 Å². The molecule has 6 heteroatoms. The summed E-state index contributed by atoms with van der Waals surface area (Å²) in [5.74, 6) is -1.81. The lowest BCUT2D eigenvalue weighted by Crippen LogP contribution is -2.18. The van der Waals surface area contributed by atoms with Crippen LogP contribution in [0, 0.1) is 6.92 Å². The Labute approximate surface area is 87.9 Å². The highest BCUT2D eigenvalue weighted by molar-refractivity contribution is 6.00. The monoisotopic (exact) mass is 238 g/mol. The van der Waals surface area contributed by atoms with Crippen LogP contribution < -0.4 is 0 Å². The Kier molecular flexibility index (Phi) is 3.30. The molecule has 0 aliphatic carbocycles. The standard InChI is InChI=1S/C10H7F5O/c1-5-2-3-6(8(16)9(11)12)7(4-5)10(13,14)15/h2-4,9H,1H3. The van der Waals surface area contributed by atoms with Gasteiger partial charge in [0.05, 0.1) is 5.56 Å². The Morgan fingerprint density at radius 1 is 1.25 bits per heavy atom. The van der Waals surface area contributed by atoms with E-state index < -0.39 is 29.5 Å². The summed E-state index contributed by atoms with van der Waals surface area (Å²) < 4.78 is 61.5. The van der Waals surface area contributed by atoms with Crippen molar-refractivity contribution in [2.24, 2.45) is 0 Å². The molecular weight excluding hydrogens is 231 g/mol. The first-order valence-corrected chi connectivity index (χ1v) is 4.23. The molecule has 1 aromatic rings. The molecule has 16 heavy (non-hydrogen) atoms. The van der Waals surface area contributed by atoms with E-state index in [2.05, 4.69) is 0 Å². The third kappa shape index (κ3) is 2.56. The van der Waals surface area contributed by atoms with Crippen LogP contribution in [0.5, 0.6) is 0 Å².